The molecule has 9 heteroatoms. The highest BCUT2D eigenvalue weighted by molar-refractivity contribution is 5.91. The number of rotatable bonds is 9. The van der Waals surface area contributed by atoms with Gasteiger partial charge in [-0.2, -0.15) is 13.2 Å². The van der Waals surface area contributed by atoms with Crippen molar-refractivity contribution in [1.82, 2.24) is 0 Å². The van der Waals surface area contributed by atoms with Crippen molar-refractivity contribution in [1.29, 1.82) is 0 Å². The Hall–Kier alpha value is -4.40. The molecule has 40 heavy (non-hydrogen) atoms. The smallest absolute Gasteiger partial charge is 0.416 e. The molecule has 1 unspecified atom stereocenters. The average Bonchev–Trinajstić information content (AvgIpc) is 3.30. The quantitative estimate of drug-likeness (QED) is 0.225. The van der Waals surface area contributed by atoms with Gasteiger partial charge in [-0.05, 0) is 54.0 Å². The van der Waals surface area contributed by atoms with Crippen molar-refractivity contribution in [2.24, 2.45) is 5.92 Å². The van der Waals surface area contributed by atoms with Crippen molar-refractivity contribution in [3.63, 3.8) is 0 Å². The lowest BCUT2D eigenvalue weighted by atomic mass is 10.0. The van der Waals surface area contributed by atoms with Crippen LogP contribution in [0.25, 0.3) is 11.1 Å². The van der Waals surface area contributed by atoms with Crippen molar-refractivity contribution < 1.29 is 41.8 Å². The highest BCUT2D eigenvalue weighted by atomic mass is 19.4. The van der Waals surface area contributed by atoms with Crippen LogP contribution in [-0.4, -0.2) is 36.5 Å². The zero-order valence-electron chi connectivity index (χ0n) is 21.6. The fourth-order valence-corrected chi connectivity index (χ4v) is 4.49. The lowest BCUT2D eigenvalue weighted by Gasteiger charge is -2.17. The van der Waals surface area contributed by atoms with Crippen LogP contribution in [0.4, 0.5) is 13.2 Å². The fraction of sp³-hybridized carbons (Fsp3) is 0.258. The number of benzene rings is 3. The molecule has 1 aliphatic carbocycles. The summed E-state index contributed by atoms with van der Waals surface area (Å²) in [6, 6.07) is 20.9. The zero-order chi connectivity index (χ0) is 28.7. The van der Waals surface area contributed by atoms with Crippen LogP contribution in [-0.2, 0) is 25.2 Å². The normalized spacial score (nSPS) is 18.9. The van der Waals surface area contributed by atoms with E-state index in [9.17, 15) is 27.6 Å². The molecule has 1 saturated carbocycles. The number of ether oxygens (including phenoxy) is 3. The second-order valence-corrected chi connectivity index (χ2v) is 9.39. The Labute approximate surface area is 229 Å². The summed E-state index contributed by atoms with van der Waals surface area (Å²) in [7, 11) is 0. The van der Waals surface area contributed by atoms with Crippen LogP contribution in [0.15, 0.2) is 91.0 Å². The molecular formula is C31H27F3O6. The first-order valence-electron chi connectivity index (χ1n) is 12.6. The van der Waals surface area contributed by atoms with Gasteiger partial charge in [-0.15, -0.1) is 0 Å². The summed E-state index contributed by atoms with van der Waals surface area (Å²) in [6.45, 7) is 0.809. The predicted octanol–water partition coefficient (Wildman–Crippen LogP) is 6.44. The number of ketones is 1. The molecule has 0 N–H and O–H groups in total. The second-order valence-electron chi connectivity index (χ2n) is 9.39. The number of carbonyl (C=O) groups excluding carboxylic acids is 3. The predicted molar refractivity (Wildman–Crippen MR) is 140 cm³/mol. The van der Waals surface area contributed by atoms with E-state index in [1.807, 2.05) is 42.5 Å². The highest BCUT2D eigenvalue weighted by Gasteiger charge is 2.37. The molecule has 3 aromatic rings. The number of esters is 2. The third kappa shape index (κ3) is 7.81. The van der Waals surface area contributed by atoms with Gasteiger partial charge < -0.3 is 14.2 Å². The summed E-state index contributed by atoms with van der Waals surface area (Å²) < 4.78 is 55.0. The van der Waals surface area contributed by atoms with E-state index in [2.05, 4.69) is 0 Å². The van der Waals surface area contributed by atoms with Gasteiger partial charge in [0.2, 0.25) is 0 Å². The topological polar surface area (TPSA) is 78.9 Å². The Balaban J connectivity index is 1.38. The zero-order valence-corrected chi connectivity index (χ0v) is 21.6. The van der Waals surface area contributed by atoms with Gasteiger partial charge >= 0.3 is 18.1 Å². The summed E-state index contributed by atoms with van der Waals surface area (Å²) in [5.74, 6) is -2.02. The van der Waals surface area contributed by atoms with Crippen molar-refractivity contribution in [3.8, 4) is 16.9 Å². The summed E-state index contributed by atoms with van der Waals surface area (Å²) in [5.41, 5.74) is 1.42. The van der Waals surface area contributed by atoms with Gasteiger partial charge in [0.15, 0.2) is 12.4 Å². The van der Waals surface area contributed by atoms with E-state index in [1.165, 1.54) is 25.1 Å². The fourth-order valence-electron chi connectivity index (χ4n) is 4.49. The first-order chi connectivity index (χ1) is 19.1. The van der Waals surface area contributed by atoms with Gasteiger partial charge in [0.1, 0.15) is 18.0 Å². The van der Waals surface area contributed by atoms with Gasteiger partial charge in [-0.25, -0.2) is 4.79 Å². The molecule has 6 nitrogen and oxygen atoms in total. The molecule has 0 heterocycles. The molecule has 0 saturated heterocycles. The van der Waals surface area contributed by atoms with Gasteiger partial charge in [0.05, 0.1) is 11.1 Å². The summed E-state index contributed by atoms with van der Waals surface area (Å²) in [4.78, 5) is 36.8. The molecule has 1 fully saturated rings. The highest BCUT2D eigenvalue weighted by Crippen LogP contribution is 2.33. The standard InChI is InChI=1S/C31H27F3O6/c1-20(35)39-28-16-24(14-15-26(36)19-38-27-9-5-8-25(17-27)31(32,33)34)29(18-28)40-30(37)23-12-10-22(11-13-23)21-6-3-2-4-7-21/h2-15,17,24,28-29H,16,18-19H2,1H3/b15-14+/t24?,28-,29-/m1/s1. The number of carbonyl (C=O) groups is 3. The molecule has 1 aliphatic rings. The van der Waals surface area contributed by atoms with E-state index in [4.69, 9.17) is 14.2 Å². The van der Waals surface area contributed by atoms with Crippen LogP contribution in [0.3, 0.4) is 0 Å². The Morgan fingerprint density at radius 1 is 0.875 bits per heavy atom. The monoisotopic (exact) mass is 552 g/mol. The van der Waals surface area contributed by atoms with Gasteiger partial charge in [-0.3, -0.25) is 9.59 Å². The Kier molecular flexibility index (Phi) is 9.04. The van der Waals surface area contributed by atoms with Crippen molar-refractivity contribution >= 4 is 17.7 Å². The van der Waals surface area contributed by atoms with Gasteiger partial charge in [0.25, 0.3) is 0 Å². The first kappa shape index (κ1) is 28.6. The second kappa shape index (κ2) is 12.6. The molecule has 4 rings (SSSR count). The average molecular weight is 553 g/mol. The third-order valence-corrected chi connectivity index (χ3v) is 6.40. The maximum absolute atomic E-state index is 12.9. The molecule has 0 aliphatic heterocycles. The van der Waals surface area contributed by atoms with Crippen molar-refractivity contribution in [3.05, 3.63) is 102 Å². The van der Waals surface area contributed by atoms with Crippen molar-refractivity contribution in [2.45, 2.75) is 38.1 Å². The SMILES string of the molecule is CC(=O)O[C@@H]1CC(/C=C/C(=O)COc2cccc(C(F)(F)F)c2)[C@H](OC(=O)c2ccc(-c3ccccc3)cc2)C1. The number of alkyl halides is 3. The van der Waals surface area contributed by atoms with Crippen LogP contribution in [0.2, 0.25) is 0 Å². The van der Waals surface area contributed by atoms with E-state index in [-0.39, 0.29) is 12.2 Å². The lowest BCUT2D eigenvalue weighted by molar-refractivity contribution is -0.146. The van der Waals surface area contributed by atoms with Crippen LogP contribution in [0, 0.1) is 5.92 Å². The van der Waals surface area contributed by atoms with E-state index in [1.54, 1.807) is 18.2 Å². The van der Waals surface area contributed by atoms with Crippen LogP contribution < -0.4 is 4.74 Å². The van der Waals surface area contributed by atoms with Crippen molar-refractivity contribution in [2.75, 3.05) is 6.61 Å². The van der Waals surface area contributed by atoms with E-state index >= 15 is 0 Å². The molecule has 0 amide bonds. The molecular weight excluding hydrogens is 525 g/mol. The molecule has 0 bridgehead atoms. The Morgan fingerprint density at radius 2 is 1.57 bits per heavy atom. The van der Waals surface area contributed by atoms with E-state index in [0.717, 1.165) is 23.3 Å². The molecule has 0 aromatic heterocycles. The van der Waals surface area contributed by atoms with Crippen LogP contribution >= 0.6 is 0 Å². The minimum Gasteiger partial charge on any atom is -0.485 e. The molecule has 0 radical (unpaired) electrons. The Morgan fingerprint density at radius 3 is 2.25 bits per heavy atom. The van der Waals surface area contributed by atoms with E-state index in [0.29, 0.717) is 12.0 Å². The molecule has 3 aromatic carbocycles. The minimum absolute atomic E-state index is 0.0857. The molecule has 3 atom stereocenters. The minimum atomic E-state index is -4.53. The van der Waals surface area contributed by atoms with Gasteiger partial charge in [0, 0.05) is 19.3 Å². The Bertz CT molecular complexity index is 1370. The number of halogens is 3. The summed E-state index contributed by atoms with van der Waals surface area (Å²) in [5, 5.41) is 0. The third-order valence-electron chi connectivity index (χ3n) is 6.40. The summed E-state index contributed by atoms with van der Waals surface area (Å²) >= 11 is 0. The maximum Gasteiger partial charge on any atom is 0.416 e. The van der Waals surface area contributed by atoms with Crippen LogP contribution in [0.5, 0.6) is 5.75 Å². The van der Waals surface area contributed by atoms with E-state index < -0.39 is 54.2 Å². The number of hydrogen-bond acceptors (Lipinski definition) is 6. The number of hydrogen-bond donors (Lipinski definition) is 0. The molecule has 208 valence electrons. The first-order valence-corrected chi connectivity index (χ1v) is 12.6. The van der Waals surface area contributed by atoms with Gasteiger partial charge in [-0.1, -0.05) is 54.6 Å². The van der Waals surface area contributed by atoms with Crippen LogP contribution in [0.1, 0.15) is 35.7 Å². The summed E-state index contributed by atoms with van der Waals surface area (Å²) in [6.07, 6.45) is -2.29. The largest absolute Gasteiger partial charge is 0.485 e. The molecule has 0 spiro atoms. The lowest BCUT2D eigenvalue weighted by Crippen LogP contribution is -2.22. The maximum atomic E-state index is 12.9.